The zero-order valence-corrected chi connectivity index (χ0v) is 22.1. The van der Waals surface area contributed by atoms with Gasteiger partial charge in [-0.3, -0.25) is 4.79 Å². The third-order valence-electron chi connectivity index (χ3n) is 7.61. The van der Waals surface area contributed by atoms with Gasteiger partial charge in [-0.25, -0.2) is 0 Å². The van der Waals surface area contributed by atoms with Gasteiger partial charge in [-0.05, 0) is 93.3 Å². The van der Waals surface area contributed by atoms with Crippen molar-refractivity contribution in [3.8, 4) is 0 Å². The summed E-state index contributed by atoms with van der Waals surface area (Å²) in [7, 11) is 0. The Hall–Kier alpha value is -2.67. The Balaban J connectivity index is 1.42. The highest BCUT2D eigenvalue weighted by molar-refractivity contribution is 7.21. The van der Waals surface area contributed by atoms with Crippen LogP contribution in [-0.4, -0.2) is 30.3 Å². The number of likely N-dealkylation sites (tertiary alicyclic amines) is 1. The van der Waals surface area contributed by atoms with Crippen molar-refractivity contribution >= 4 is 32.8 Å². The molecule has 1 unspecified atom stereocenters. The van der Waals surface area contributed by atoms with Crippen LogP contribution in [0.4, 0.5) is 0 Å². The van der Waals surface area contributed by atoms with Crippen molar-refractivity contribution in [3.63, 3.8) is 0 Å². The molecule has 3 heteroatoms. The SMILES string of the molecule is CCC1=C(C(=O)c2sc3cc(C)ccc3c2C2=CC=C(CCCN3CCC(C)C3)CC2)C=C=C=C1. The standard InChI is InChI=1S/C32H35NOS/c1-4-25-9-5-6-10-27(25)31(34)32-30(28-16-11-22(2)20-29(28)35-32)26-14-12-24(13-15-26)8-7-18-33-19-17-23(3)21-33/h9-12,14,16,20,23H,4,7-8,13,15,17-19,21H2,1-3H3. The number of benzene rings is 1. The van der Waals surface area contributed by atoms with Crippen molar-refractivity contribution in [2.45, 2.75) is 59.3 Å². The van der Waals surface area contributed by atoms with Gasteiger partial charge in [-0.15, -0.1) is 11.3 Å². The lowest BCUT2D eigenvalue weighted by molar-refractivity contribution is 0.104. The van der Waals surface area contributed by atoms with Crippen LogP contribution in [0.1, 0.15) is 73.2 Å². The summed E-state index contributed by atoms with van der Waals surface area (Å²) in [5, 5.41) is 1.21. The molecule has 2 nitrogen and oxygen atoms in total. The summed E-state index contributed by atoms with van der Waals surface area (Å²) in [6.07, 6.45) is 15.0. The molecule has 2 aromatic rings. The summed E-state index contributed by atoms with van der Waals surface area (Å²) in [4.78, 5) is 17.3. The van der Waals surface area contributed by atoms with Crippen LogP contribution >= 0.6 is 11.3 Å². The second-order valence-electron chi connectivity index (χ2n) is 10.3. The van der Waals surface area contributed by atoms with E-state index in [9.17, 15) is 4.79 Å². The maximum atomic E-state index is 13.8. The number of hydrogen-bond acceptors (Lipinski definition) is 3. The first-order valence-electron chi connectivity index (χ1n) is 13.1. The summed E-state index contributed by atoms with van der Waals surface area (Å²) < 4.78 is 1.20. The van der Waals surface area contributed by atoms with Gasteiger partial charge in [0.1, 0.15) is 0 Å². The molecular weight excluding hydrogens is 446 g/mol. The normalized spacial score (nSPS) is 20.1. The van der Waals surface area contributed by atoms with Gasteiger partial charge in [0.05, 0.1) is 4.88 Å². The molecule has 180 valence electrons. The molecule has 3 aliphatic rings. The van der Waals surface area contributed by atoms with Gasteiger partial charge in [0.15, 0.2) is 0 Å². The van der Waals surface area contributed by atoms with Crippen LogP contribution in [0.15, 0.2) is 70.7 Å². The van der Waals surface area contributed by atoms with E-state index in [-0.39, 0.29) is 5.78 Å². The average molecular weight is 482 g/mol. The number of rotatable bonds is 8. The summed E-state index contributed by atoms with van der Waals surface area (Å²) in [5.41, 5.74) is 13.0. The minimum atomic E-state index is 0.122. The first-order chi connectivity index (χ1) is 17.0. The number of thiophene rings is 1. The van der Waals surface area contributed by atoms with Crippen LogP contribution in [0.3, 0.4) is 0 Å². The van der Waals surface area contributed by atoms with Gasteiger partial charge in [-0.2, -0.15) is 0 Å². The molecule has 1 aromatic heterocycles. The van der Waals surface area contributed by atoms with Crippen LogP contribution in [0.25, 0.3) is 15.7 Å². The van der Waals surface area contributed by atoms with Crippen LogP contribution in [0.5, 0.6) is 0 Å². The molecule has 5 rings (SSSR count). The van der Waals surface area contributed by atoms with Gasteiger partial charge in [-0.1, -0.05) is 55.2 Å². The Kier molecular flexibility index (Phi) is 7.23. The van der Waals surface area contributed by atoms with Crippen LogP contribution in [-0.2, 0) is 0 Å². The Morgan fingerprint density at radius 2 is 2.03 bits per heavy atom. The van der Waals surface area contributed by atoms with Crippen molar-refractivity contribution in [3.05, 3.63) is 86.7 Å². The molecule has 2 aliphatic carbocycles. The first-order valence-corrected chi connectivity index (χ1v) is 13.9. The fraction of sp³-hybridized carbons (Fsp3) is 0.406. The maximum absolute atomic E-state index is 13.8. The molecule has 35 heavy (non-hydrogen) atoms. The van der Waals surface area contributed by atoms with Gasteiger partial charge in [0.2, 0.25) is 5.78 Å². The third-order valence-corrected chi connectivity index (χ3v) is 8.76. The van der Waals surface area contributed by atoms with E-state index in [0.29, 0.717) is 0 Å². The highest BCUT2D eigenvalue weighted by Gasteiger charge is 2.25. The summed E-state index contributed by atoms with van der Waals surface area (Å²) in [6.45, 7) is 10.3. The predicted octanol–water partition coefficient (Wildman–Crippen LogP) is 8.20. The molecule has 2 heterocycles. The second kappa shape index (κ2) is 10.5. The Labute approximate surface area is 213 Å². The van der Waals surface area contributed by atoms with E-state index in [1.54, 1.807) is 16.9 Å². The number of aryl methyl sites for hydroxylation is 1. The molecule has 0 N–H and O–H groups in total. The average Bonchev–Trinajstić information content (AvgIpc) is 3.46. The van der Waals surface area contributed by atoms with Crippen molar-refractivity contribution < 1.29 is 4.79 Å². The zero-order chi connectivity index (χ0) is 24.4. The predicted molar refractivity (Wildman–Crippen MR) is 149 cm³/mol. The number of allylic oxidation sites excluding steroid dienone is 8. The highest BCUT2D eigenvalue weighted by Crippen LogP contribution is 2.41. The molecule has 0 amide bonds. The zero-order valence-electron chi connectivity index (χ0n) is 21.2. The van der Waals surface area contributed by atoms with E-state index in [4.69, 9.17) is 0 Å². The number of carbonyl (C=O) groups excluding carboxylic acids is 1. The molecule has 1 atom stereocenters. The van der Waals surface area contributed by atoms with E-state index in [1.165, 1.54) is 60.1 Å². The molecule has 0 saturated carbocycles. The van der Waals surface area contributed by atoms with E-state index in [1.807, 2.05) is 12.2 Å². The first kappa shape index (κ1) is 24.0. The smallest absolute Gasteiger partial charge is 0.204 e. The largest absolute Gasteiger partial charge is 0.303 e. The monoisotopic (exact) mass is 481 g/mol. The van der Waals surface area contributed by atoms with Crippen molar-refractivity contribution in [2.75, 3.05) is 19.6 Å². The van der Waals surface area contributed by atoms with E-state index >= 15 is 0 Å². The quantitative estimate of drug-likeness (QED) is 0.280. The molecule has 1 aromatic carbocycles. The van der Waals surface area contributed by atoms with Crippen LogP contribution in [0.2, 0.25) is 0 Å². The lowest BCUT2D eigenvalue weighted by Gasteiger charge is -2.18. The molecule has 1 aliphatic heterocycles. The number of nitrogens with zero attached hydrogens (tertiary/aromatic N) is 1. The number of fused-ring (bicyclic) bond motifs is 1. The number of Topliss-reactive ketones (excluding diaryl/α,β-unsaturated/α-hetero) is 1. The highest BCUT2D eigenvalue weighted by atomic mass is 32.1. The molecule has 1 fully saturated rings. The molecular formula is C32H35NOS. The fourth-order valence-electron chi connectivity index (χ4n) is 5.58. The molecule has 0 bridgehead atoms. The third kappa shape index (κ3) is 5.15. The van der Waals surface area contributed by atoms with Crippen LogP contribution < -0.4 is 0 Å². The van der Waals surface area contributed by atoms with Gasteiger partial charge in [0.25, 0.3) is 0 Å². The van der Waals surface area contributed by atoms with Crippen molar-refractivity contribution in [2.24, 2.45) is 5.92 Å². The summed E-state index contributed by atoms with van der Waals surface area (Å²) >= 11 is 1.64. The fourth-order valence-corrected chi connectivity index (χ4v) is 6.87. The van der Waals surface area contributed by atoms with E-state index in [0.717, 1.165) is 46.8 Å². The summed E-state index contributed by atoms with van der Waals surface area (Å²) in [5.74, 6) is 0.979. The van der Waals surface area contributed by atoms with Crippen molar-refractivity contribution in [1.29, 1.82) is 0 Å². The molecule has 1 saturated heterocycles. The van der Waals surface area contributed by atoms with Gasteiger partial charge < -0.3 is 4.90 Å². The summed E-state index contributed by atoms with van der Waals surface area (Å²) in [6, 6.07) is 6.59. The van der Waals surface area contributed by atoms with E-state index < -0.39 is 0 Å². The molecule has 0 spiro atoms. The second-order valence-corrected chi connectivity index (χ2v) is 11.4. The number of ketones is 1. The maximum Gasteiger partial charge on any atom is 0.204 e. The lowest BCUT2D eigenvalue weighted by atomic mass is 9.88. The number of carbonyl (C=O) groups is 1. The van der Waals surface area contributed by atoms with Crippen molar-refractivity contribution in [1.82, 2.24) is 4.90 Å². The van der Waals surface area contributed by atoms with Gasteiger partial charge >= 0.3 is 0 Å². The minimum Gasteiger partial charge on any atom is -0.303 e. The Morgan fingerprint density at radius 1 is 1.17 bits per heavy atom. The lowest BCUT2D eigenvalue weighted by Crippen LogP contribution is -2.21. The topological polar surface area (TPSA) is 20.3 Å². The molecule has 0 radical (unpaired) electrons. The minimum absolute atomic E-state index is 0.122. The van der Waals surface area contributed by atoms with Crippen LogP contribution in [0, 0.1) is 12.8 Å². The number of hydrogen-bond donors (Lipinski definition) is 0. The Bertz CT molecular complexity index is 1350. The van der Waals surface area contributed by atoms with E-state index in [2.05, 4.69) is 67.5 Å². The van der Waals surface area contributed by atoms with Gasteiger partial charge in [0, 0.05) is 33.8 Å². The Morgan fingerprint density at radius 3 is 2.77 bits per heavy atom.